The quantitative estimate of drug-likeness (QED) is 0.711. The maximum absolute atomic E-state index is 11.6. The van der Waals surface area contributed by atoms with Crippen molar-refractivity contribution in [1.82, 2.24) is 10.2 Å². The number of amides is 1. The van der Waals surface area contributed by atoms with Gasteiger partial charge in [-0.1, -0.05) is 0 Å². The maximum atomic E-state index is 11.6. The molecule has 1 N–H and O–H groups in total. The molecule has 1 amide bonds. The Kier molecular flexibility index (Phi) is 6.47. The summed E-state index contributed by atoms with van der Waals surface area (Å²) in [6, 6.07) is 2.40. The van der Waals surface area contributed by atoms with Crippen LogP contribution in [-0.4, -0.2) is 61.7 Å². The summed E-state index contributed by atoms with van der Waals surface area (Å²) in [5.41, 5.74) is 0. The van der Waals surface area contributed by atoms with Crippen molar-refractivity contribution in [2.24, 2.45) is 0 Å². The summed E-state index contributed by atoms with van der Waals surface area (Å²) in [4.78, 5) is 13.7. The average molecular weight is 271 g/mol. The fourth-order valence-electron chi connectivity index (χ4n) is 1.99. The second-order valence-electron chi connectivity index (χ2n) is 4.43. The molecule has 6 heteroatoms. The van der Waals surface area contributed by atoms with Gasteiger partial charge in [-0.2, -0.15) is 5.26 Å². The molecule has 102 valence electrons. The van der Waals surface area contributed by atoms with Crippen LogP contribution in [0.5, 0.6) is 0 Å². The Morgan fingerprint density at radius 2 is 2.22 bits per heavy atom. The van der Waals surface area contributed by atoms with Crippen molar-refractivity contribution in [2.45, 2.75) is 17.6 Å². The fourth-order valence-corrected chi connectivity index (χ4v) is 2.67. The predicted molar refractivity (Wildman–Crippen MR) is 72.4 cm³/mol. The van der Waals surface area contributed by atoms with E-state index in [1.54, 1.807) is 18.9 Å². The Morgan fingerprint density at radius 1 is 1.56 bits per heavy atom. The van der Waals surface area contributed by atoms with E-state index in [9.17, 15) is 10.1 Å². The van der Waals surface area contributed by atoms with Crippen molar-refractivity contribution in [1.29, 1.82) is 5.26 Å². The molecule has 5 nitrogen and oxygen atoms in total. The van der Waals surface area contributed by atoms with Crippen LogP contribution in [-0.2, 0) is 9.53 Å². The zero-order valence-corrected chi connectivity index (χ0v) is 11.9. The molecule has 18 heavy (non-hydrogen) atoms. The number of nitrogens with zero attached hydrogens (tertiary/aromatic N) is 2. The molecule has 0 unspecified atom stereocenters. The van der Waals surface area contributed by atoms with E-state index < -0.39 is 0 Å². The molecule has 1 rings (SSSR count). The maximum Gasteiger partial charge on any atom is 0.234 e. The number of ether oxygens (including phenoxy) is 1. The Bertz CT molecular complexity index is 309. The summed E-state index contributed by atoms with van der Waals surface area (Å²) in [6.45, 7) is 3.13. The van der Waals surface area contributed by atoms with Crippen molar-refractivity contribution >= 4 is 17.7 Å². The highest BCUT2D eigenvalue weighted by Gasteiger charge is 2.34. The SMILES string of the molecule is COCCNC(=O)CN1CCC(C#N)(SC)CC1. The minimum Gasteiger partial charge on any atom is -0.383 e. The summed E-state index contributed by atoms with van der Waals surface area (Å²) < 4.78 is 4.62. The van der Waals surface area contributed by atoms with E-state index in [4.69, 9.17) is 4.74 Å². The highest BCUT2D eigenvalue weighted by Crippen LogP contribution is 2.33. The van der Waals surface area contributed by atoms with E-state index in [2.05, 4.69) is 16.3 Å². The molecule has 0 aromatic carbocycles. The first kappa shape index (κ1) is 15.3. The second kappa shape index (κ2) is 7.62. The van der Waals surface area contributed by atoms with Crippen LogP contribution >= 0.6 is 11.8 Å². The van der Waals surface area contributed by atoms with Crippen LogP contribution in [0.4, 0.5) is 0 Å². The third-order valence-corrected chi connectivity index (χ3v) is 4.53. The molecule has 0 spiro atoms. The molecule has 0 bridgehead atoms. The van der Waals surface area contributed by atoms with Crippen LogP contribution in [0.1, 0.15) is 12.8 Å². The molecule has 0 aromatic rings. The van der Waals surface area contributed by atoms with E-state index in [0.29, 0.717) is 19.7 Å². The zero-order valence-electron chi connectivity index (χ0n) is 11.1. The topological polar surface area (TPSA) is 65.4 Å². The minimum atomic E-state index is -0.247. The summed E-state index contributed by atoms with van der Waals surface area (Å²) in [5.74, 6) is 0.0284. The van der Waals surface area contributed by atoms with Crippen LogP contribution in [0, 0.1) is 11.3 Å². The van der Waals surface area contributed by atoms with E-state index in [1.807, 2.05) is 6.26 Å². The van der Waals surface area contributed by atoms with Crippen LogP contribution in [0.25, 0.3) is 0 Å². The number of nitriles is 1. The third kappa shape index (κ3) is 4.48. The van der Waals surface area contributed by atoms with Gasteiger partial charge in [0, 0.05) is 26.7 Å². The number of piperidine rings is 1. The molecule has 0 atom stereocenters. The van der Waals surface area contributed by atoms with Gasteiger partial charge in [0.25, 0.3) is 0 Å². The van der Waals surface area contributed by atoms with Crippen LogP contribution in [0.15, 0.2) is 0 Å². The Hall–Kier alpha value is -0.770. The number of carbonyl (C=O) groups excluding carboxylic acids is 1. The van der Waals surface area contributed by atoms with Gasteiger partial charge >= 0.3 is 0 Å². The minimum absolute atomic E-state index is 0.0284. The van der Waals surface area contributed by atoms with Crippen LogP contribution in [0.3, 0.4) is 0 Å². The van der Waals surface area contributed by atoms with Gasteiger partial charge in [0.2, 0.25) is 5.91 Å². The van der Waals surface area contributed by atoms with Gasteiger partial charge in [-0.3, -0.25) is 9.69 Å². The lowest BCUT2D eigenvalue weighted by atomic mass is 9.97. The van der Waals surface area contributed by atoms with E-state index >= 15 is 0 Å². The van der Waals surface area contributed by atoms with Crippen LogP contribution in [0.2, 0.25) is 0 Å². The first-order chi connectivity index (χ1) is 8.65. The Balaban J connectivity index is 2.27. The molecule has 1 saturated heterocycles. The van der Waals surface area contributed by atoms with Gasteiger partial charge in [0.1, 0.15) is 4.75 Å². The molecule has 0 aromatic heterocycles. The second-order valence-corrected chi connectivity index (χ2v) is 5.62. The van der Waals surface area contributed by atoms with Gasteiger partial charge in [0.05, 0.1) is 19.2 Å². The van der Waals surface area contributed by atoms with Crippen LogP contribution < -0.4 is 5.32 Å². The summed E-state index contributed by atoms with van der Waals surface area (Å²) in [6.07, 6.45) is 3.64. The fraction of sp³-hybridized carbons (Fsp3) is 0.833. The van der Waals surface area contributed by atoms with Gasteiger partial charge < -0.3 is 10.1 Å². The highest BCUT2D eigenvalue weighted by atomic mass is 32.2. The number of rotatable bonds is 6. The molecule has 1 heterocycles. The Morgan fingerprint density at radius 3 is 2.72 bits per heavy atom. The molecule has 1 aliphatic rings. The van der Waals surface area contributed by atoms with Gasteiger partial charge in [-0.25, -0.2) is 0 Å². The standard InChI is InChI=1S/C12H21N3O2S/c1-17-8-5-14-11(16)9-15-6-3-12(10-13,18-2)4-7-15/h3-9H2,1-2H3,(H,14,16). The lowest BCUT2D eigenvalue weighted by Gasteiger charge is -2.35. The lowest BCUT2D eigenvalue weighted by Crippen LogP contribution is -2.46. The number of methoxy groups -OCH3 is 1. The van der Waals surface area contributed by atoms with E-state index in [-0.39, 0.29) is 10.7 Å². The van der Waals surface area contributed by atoms with Gasteiger partial charge in [-0.05, 0) is 19.1 Å². The number of hydrogen-bond acceptors (Lipinski definition) is 5. The first-order valence-electron chi connectivity index (χ1n) is 6.10. The molecule has 0 radical (unpaired) electrons. The smallest absolute Gasteiger partial charge is 0.234 e. The molecular weight excluding hydrogens is 250 g/mol. The number of nitrogens with one attached hydrogen (secondary N) is 1. The van der Waals surface area contributed by atoms with Crippen molar-refractivity contribution in [3.05, 3.63) is 0 Å². The molecule has 0 saturated carbocycles. The summed E-state index contributed by atoms with van der Waals surface area (Å²) >= 11 is 1.63. The molecular formula is C12H21N3O2S. The zero-order chi connectivity index (χ0) is 13.4. The third-order valence-electron chi connectivity index (χ3n) is 3.25. The number of likely N-dealkylation sites (tertiary alicyclic amines) is 1. The van der Waals surface area contributed by atoms with Gasteiger partial charge in [0.15, 0.2) is 0 Å². The van der Waals surface area contributed by atoms with E-state index in [0.717, 1.165) is 25.9 Å². The number of thioether (sulfide) groups is 1. The lowest BCUT2D eigenvalue weighted by molar-refractivity contribution is -0.122. The first-order valence-corrected chi connectivity index (χ1v) is 7.32. The normalized spacial score (nSPS) is 19.2. The van der Waals surface area contributed by atoms with Crippen molar-refractivity contribution < 1.29 is 9.53 Å². The molecule has 1 aliphatic heterocycles. The molecule has 1 fully saturated rings. The van der Waals surface area contributed by atoms with E-state index in [1.165, 1.54) is 0 Å². The average Bonchev–Trinajstić information content (AvgIpc) is 2.40. The number of hydrogen-bond donors (Lipinski definition) is 1. The van der Waals surface area contributed by atoms with Gasteiger partial charge in [-0.15, -0.1) is 11.8 Å². The Labute approximate surface area is 113 Å². The highest BCUT2D eigenvalue weighted by molar-refractivity contribution is 8.00. The summed E-state index contributed by atoms with van der Waals surface area (Å²) in [7, 11) is 1.61. The molecule has 0 aliphatic carbocycles. The summed E-state index contributed by atoms with van der Waals surface area (Å²) in [5, 5.41) is 12.0. The van der Waals surface area contributed by atoms with Crippen molar-refractivity contribution in [3.8, 4) is 6.07 Å². The van der Waals surface area contributed by atoms with Crippen molar-refractivity contribution in [3.63, 3.8) is 0 Å². The largest absolute Gasteiger partial charge is 0.383 e. The number of carbonyl (C=O) groups is 1. The monoisotopic (exact) mass is 271 g/mol. The van der Waals surface area contributed by atoms with Crippen molar-refractivity contribution in [2.75, 3.05) is 46.2 Å². The predicted octanol–water partition coefficient (Wildman–Crippen LogP) is 0.470.